The van der Waals surface area contributed by atoms with Gasteiger partial charge in [0.15, 0.2) is 5.75 Å². The first kappa shape index (κ1) is 9.31. The van der Waals surface area contributed by atoms with Crippen LogP contribution in [-0.4, -0.2) is 9.67 Å². The molecule has 0 bridgehead atoms. The van der Waals surface area contributed by atoms with Crippen LogP contribution in [0.4, 0.5) is 0 Å². The Hall–Kier alpha value is -1.25. The van der Waals surface area contributed by atoms with Gasteiger partial charge >= 0.3 is 0 Å². The SMILES string of the molecule is CC(C)c1c(O)c(=O)ccn1C1CC1. The Morgan fingerprint density at radius 3 is 2.64 bits per heavy atom. The summed E-state index contributed by atoms with van der Waals surface area (Å²) >= 11 is 0. The standard InChI is InChI=1S/C11H15NO2/c1-7(2)10-11(14)9(13)5-6-12(10)8-3-4-8/h5-8,14H,3-4H2,1-2H3. The summed E-state index contributed by atoms with van der Waals surface area (Å²) in [6, 6.07) is 1.94. The lowest BCUT2D eigenvalue weighted by molar-refractivity contribution is 0.442. The molecule has 3 heteroatoms. The van der Waals surface area contributed by atoms with Crippen LogP contribution in [0.25, 0.3) is 0 Å². The molecule has 0 spiro atoms. The molecule has 1 aromatic rings. The van der Waals surface area contributed by atoms with Crippen molar-refractivity contribution in [3.63, 3.8) is 0 Å². The van der Waals surface area contributed by atoms with E-state index in [1.54, 1.807) is 6.20 Å². The molecule has 0 aromatic carbocycles. The Kier molecular flexibility index (Phi) is 2.10. The molecule has 76 valence electrons. The lowest BCUT2D eigenvalue weighted by Gasteiger charge is -2.16. The van der Waals surface area contributed by atoms with Crippen molar-refractivity contribution < 1.29 is 5.11 Å². The predicted molar refractivity (Wildman–Crippen MR) is 54.7 cm³/mol. The Balaban J connectivity index is 2.59. The lowest BCUT2D eigenvalue weighted by Crippen LogP contribution is -2.12. The van der Waals surface area contributed by atoms with Crippen LogP contribution < -0.4 is 5.43 Å². The zero-order chi connectivity index (χ0) is 10.3. The van der Waals surface area contributed by atoms with Gasteiger partial charge in [0.25, 0.3) is 0 Å². The zero-order valence-corrected chi connectivity index (χ0v) is 8.53. The number of rotatable bonds is 2. The van der Waals surface area contributed by atoms with Crippen molar-refractivity contribution in [1.82, 2.24) is 4.57 Å². The Morgan fingerprint density at radius 2 is 2.14 bits per heavy atom. The van der Waals surface area contributed by atoms with Crippen molar-refractivity contribution in [3.8, 4) is 5.75 Å². The van der Waals surface area contributed by atoms with E-state index in [0.29, 0.717) is 6.04 Å². The van der Waals surface area contributed by atoms with Gasteiger partial charge in [0.1, 0.15) is 0 Å². The summed E-state index contributed by atoms with van der Waals surface area (Å²) in [5.41, 5.74) is 0.505. The minimum atomic E-state index is -0.273. The lowest BCUT2D eigenvalue weighted by atomic mass is 10.1. The molecule has 1 saturated carbocycles. The molecule has 0 amide bonds. The Bertz CT molecular complexity index is 402. The minimum Gasteiger partial charge on any atom is -0.503 e. The number of hydrogen-bond acceptors (Lipinski definition) is 2. The molecule has 1 aliphatic rings. The van der Waals surface area contributed by atoms with Crippen LogP contribution in [0.3, 0.4) is 0 Å². The Labute approximate surface area is 83.0 Å². The third-order valence-corrected chi connectivity index (χ3v) is 2.63. The zero-order valence-electron chi connectivity index (χ0n) is 8.53. The highest BCUT2D eigenvalue weighted by Crippen LogP contribution is 2.38. The molecular formula is C11H15NO2. The molecule has 14 heavy (non-hydrogen) atoms. The van der Waals surface area contributed by atoms with Gasteiger partial charge in [-0.3, -0.25) is 4.79 Å². The third-order valence-electron chi connectivity index (χ3n) is 2.63. The molecule has 1 N–H and O–H groups in total. The second-order valence-corrected chi connectivity index (χ2v) is 4.21. The molecule has 3 nitrogen and oxygen atoms in total. The van der Waals surface area contributed by atoms with Crippen molar-refractivity contribution in [2.24, 2.45) is 0 Å². The van der Waals surface area contributed by atoms with Gasteiger partial charge in [-0.1, -0.05) is 13.8 Å². The average molecular weight is 193 g/mol. The summed E-state index contributed by atoms with van der Waals surface area (Å²) in [4.78, 5) is 11.3. The summed E-state index contributed by atoms with van der Waals surface area (Å²) in [7, 11) is 0. The van der Waals surface area contributed by atoms with E-state index in [1.807, 2.05) is 18.4 Å². The van der Waals surface area contributed by atoms with Gasteiger partial charge in [0.05, 0.1) is 5.69 Å². The van der Waals surface area contributed by atoms with E-state index in [0.717, 1.165) is 18.5 Å². The molecule has 1 heterocycles. The van der Waals surface area contributed by atoms with Crippen molar-refractivity contribution >= 4 is 0 Å². The van der Waals surface area contributed by atoms with Crippen LogP contribution in [0.1, 0.15) is 44.3 Å². The van der Waals surface area contributed by atoms with Gasteiger partial charge in [-0.05, 0) is 18.8 Å². The normalized spacial score (nSPS) is 16.2. The van der Waals surface area contributed by atoms with E-state index in [9.17, 15) is 9.90 Å². The summed E-state index contributed by atoms with van der Waals surface area (Å²) < 4.78 is 2.04. The quantitative estimate of drug-likeness (QED) is 0.780. The number of nitrogens with zero attached hydrogens (tertiary/aromatic N) is 1. The van der Waals surface area contributed by atoms with Gasteiger partial charge < -0.3 is 9.67 Å². The highest BCUT2D eigenvalue weighted by Gasteiger charge is 2.27. The van der Waals surface area contributed by atoms with Crippen LogP contribution >= 0.6 is 0 Å². The summed E-state index contributed by atoms with van der Waals surface area (Å²) in [5, 5.41) is 9.69. The van der Waals surface area contributed by atoms with Gasteiger partial charge in [0, 0.05) is 18.3 Å². The fraction of sp³-hybridized carbons (Fsp3) is 0.545. The highest BCUT2D eigenvalue weighted by atomic mass is 16.3. The molecule has 0 unspecified atom stereocenters. The van der Waals surface area contributed by atoms with Crippen molar-refractivity contribution in [2.45, 2.75) is 38.6 Å². The molecular weight excluding hydrogens is 178 g/mol. The second-order valence-electron chi connectivity index (χ2n) is 4.21. The van der Waals surface area contributed by atoms with E-state index in [1.165, 1.54) is 6.07 Å². The van der Waals surface area contributed by atoms with E-state index in [-0.39, 0.29) is 17.1 Å². The first-order valence-electron chi connectivity index (χ1n) is 5.05. The van der Waals surface area contributed by atoms with Gasteiger partial charge in [-0.15, -0.1) is 0 Å². The molecule has 0 radical (unpaired) electrons. The summed E-state index contributed by atoms with van der Waals surface area (Å²) in [6.07, 6.45) is 4.11. The van der Waals surface area contributed by atoms with E-state index in [2.05, 4.69) is 0 Å². The molecule has 0 atom stereocenters. The van der Waals surface area contributed by atoms with Crippen LogP contribution in [-0.2, 0) is 0 Å². The van der Waals surface area contributed by atoms with Crippen molar-refractivity contribution in [2.75, 3.05) is 0 Å². The van der Waals surface area contributed by atoms with Gasteiger partial charge in [-0.25, -0.2) is 0 Å². The molecule has 0 aliphatic heterocycles. The fourth-order valence-electron chi connectivity index (χ4n) is 1.80. The molecule has 0 saturated heterocycles. The Morgan fingerprint density at radius 1 is 1.50 bits per heavy atom. The number of pyridine rings is 1. The smallest absolute Gasteiger partial charge is 0.223 e. The number of hydrogen-bond donors (Lipinski definition) is 1. The predicted octanol–water partition coefficient (Wildman–Crippen LogP) is 2.01. The van der Waals surface area contributed by atoms with Gasteiger partial charge in [0.2, 0.25) is 5.43 Å². The molecule has 1 aromatic heterocycles. The number of aromatic hydroxyl groups is 1. The average Bonchev–Trinajstić information content (AvgIpc) is 2.91. The van der Waals surface area contributed by atoms with Gasteiger partial charge in [-0.2, -0.15) is 0 Å². The molecule has 2 rings (SSSR count). The maximum absolute atomic E-state index is 11.3. The monoisotopic (exact) mass is 193 g/mol. The van der Waals surface area contributed by atoms with Crippen molar-refractivity contribution in [1.29, 1.82) is 0 Å². The van der Waals surface area contributed by atoms with Crippen LogP contribution in [0, 0.1) is 0 Å². The summed E-state index contributed by atoms with van der Waals surface area (Å²) in [6.45, 7) is 3.99. The molecule has 1 fully saturated rings. The number of aromatic nitrogens is 1. The first-order chi connectivity index (χ1) is 6.61. The minimum absolute atomic E-state index is 0.0746. The van der Waals surface area contributed by atoms with Crippen LogP contribution in [0.15, 0.2) is 17.1 Å². The van der Waals surface area contributed by atoms with Crippen LogP contribution in [0.2, 0.25) is 0 Å². The largest absolute Gasteiger partial charge is 0.503 e. The van der Waals surface area contributed by atoms with Crippen molar-refractivity contribution in [3.05, 3.63) is 28.2 Å². The van der Waals surface area contributed by atoms with E-state index in [4.69, 9.17) is 0 Å². The maximum Gasteiger partial charge on any atom is 0.223 e. The summed E-state index contributed by atoms with van der Waals surface area (Å²) in [5.74, 6) is 0.110. The highest BCUT2D eigenvalue weighted by molar-refractivity contribution is 5.30. The van der Waals surface area contributed by atoms with Crippen LogP contribution in [0.5, 0.6) is 5.75 Å². The first-order valence-corrected chi connectivity index (χ1v) is 5.05. The topological polar surface area (TPSA) is 42.2 Å². The fourth-order valence-corrected chi connectivity index (χ4v) is 1.80. The van der Waals surface area contributed by atoms with E-state index >= 15 is 0 Å². The second kappa shape index (κ2) is 3.15. The third kappa shape index (κ3) is 1.43. The molecule has 1 aliphatic carbocycles. The van der Waals surface area contributed by atoms with E-state index < -0.39 is 0 Å². The maximum atomic E-state index is 11.3.